The summed E-state index contributed by atoms with van der Waals surface area (Å²) in [4.78, 5) is 10.0. The van der Waals surface area contributed by atoms with E-state index in [1.165, 1.54) is 30.7 Å². The van der Waals surface area contributed by atoms with Crippen LogP contribution in [0.1, 0.15) is 48.0 Å². The SMILES string of the molecule is CC.CCC.CCOP(=S)(OCC)Oc1ccc([N+](=O)[O-])cc1. The topological polar surface area (TPSA) is 70.8 Å². The Kier molecular flexibility index (Phi) is 15.4. The third-order valence-corrected chi connectivity index (χ3v) is 4.28. The van der Waals surface area contributed by atoms with Crippen molar-refractivity contribution in [1.82, 2.24) is 0 Å². The fourth-order valence-corrected chi connectivity index (χ4v) is 3.25. The summed E-state index contributed by atoms with van der Waals surface area (Å²) in [5, 5.41) is 10.5. The van der Waals surface area contributed by atoms with Gasteiger partial charge in [-0.25, -0.2) is 0 Å². The van der Waals surface area contributed by atoms with Crippen molar-refractivity contribution in [2.75, 3.05) is 13.2 Å². The number of hydrogen-bond donors (Lipinski definition) is 0. The number of rotatable bonds is 7. The lowest BCUT2D eigenvalue weighted by molar-refractivity contribution is -0.384. The van der Waals surface area contributed by atoms with Gasteiger partial charge in [0.05, 0.1) is 18.1 Å². The van der Waals surface area contributed by atoms with Gasteiger partial charge in [-0.2, -0.15) is 0 Å². The van der Waals surface area contributed by atoms with Crippen LogP contribution in [0.5, 0.6) is 5.75 Å². The quantitative estimate of drug-likeness (QED) is 0.350. The molecule has 8 heteroatoms. The molecule has 0 amide bonds. The summed E-state index contributed by atoms with van der Waals surface area (Å²) in [5.41, 5.74) is -0.0107. The van der Waals surface area contributed by atoms with Gasteiger partial charge in [0.2, 0.25) is 0 Å². The first-order valence-corrected chi connectivity index (χ1v) is 10.3. The van der Waals surface area contributed by atoms with Crippen LogP contribution < -0.4 is 4.52 Å². The van der Waals surface area contributed by atoms with Crippen molar-refractivity contribution in [1.29, 1.82) is 0 Å². The van der Waals surface area contributed by atoms with Crippen LogP contribution in [-0.4, -0.2) is 18.1 Å². The second-order valence-corrected chi connectivity index (χ2v) is 6.77. The van der Waals surface area contributed by atoms with Crippen LogP contribution in [0.15, 0.2) is 24.3 Å². The second kappa shape index (κ2) is 14.6. The van der Waals surface area contributed by atoms with Crippen LogP contribution in [0.3, 0.4) is 0 Å². The molecule has 1 aromatic rings. The molecule has 6 nitrogen and oxygen atoms in total. The average Bonchev–Trinajstić information content (AvgIpc) is 2.51. The highest BCUT2D eigenvalue weighted by atomic mass is 32.5. The number of nitro groups is 1. The molecule has 0 aromatic heterocycles. The zero-order chi connectivity index (χ0) is 18.3. The first kappa shape index (κ1) is 24.2. The van der Waals surface area contributed by atoms with Crippen LogP contribution in [0, 0.1) is 10.1 Å². The van der Waals surface area contributed by atoms with Gasteiger partial charge in [0.25, 0.3) is 5.69 Å². The van der Waals surface area contributed by atoms with E-state index in [0.717, 1.165) is 0 Å². The molecule has 0 bridgehead atoms. The minimum absolute atomic E-state index is 0.0107. The first-order valence-electron chi connectivity index (χ1n) is 7.75. The molecule has 1 rings (SSSR count). The fraction of sp³-hybridized carbons (Fsp3) is 0.600. The highest BCUT2D eigenvalue weighted by Gasteiger charge is 2.21. The maximum absolute atomic E-state index is 10.5. The first-order chi connectivity index (χ1) is 10.9. The van der Waals surface area contributed by atoms with Crippen LogP contribution >= 0.6 is 6.72 Å². The van der Waals surface area contributed by atoms with Crippen molar-refractivity contribution in [3.8, 4) is 5.75 Å². The normalized spacial score (nSPS) is 9.83. The largest absolute Gasteiger partial charge is 0.424 e. The van der Waals surface area contributed by atoms with E-state index >= 15 is 0 Å². The van der Waals surface area contributed by atoms with E-state index < -0.39 is 11.6 Å². The maximum Gasteiger partial charge on any atom is 0.380 e. The molecule has 0 N–H and O–H groups in total. The number of benzene rings is 1. The maximum atomic E-state index is 10.5. The van der Waals surface area contributed by atoms with Crippen molar-refractivity contribution in [2.45, 2.75) is 48.0 Å². The molecular weight excluding hydrogens is 337 g/mol. The van der Waals surface area contributed by atoms with Gasteiger partial charge >= 0.3 is 6.72 Å². The van der Waals surface area contributed by atoms with Crippen LogP contribution in [0.4, 0.5) is 5.69 Å². The van der Waals surface area contributed by atoms with E-state index in [1.54, 1.807) is 13.8 Å². The predicted molar refractivity (Wildman–Crippen MR) is 98.6 cm³/mol. The van der Waals surface area contributed by atoms with E-state index in [1.807, 2.05) is 13.8 Å². The molecule has 0 aliphatic carbocycles. The summed E-state index contributed by atoms with van der Waals surface area (Å²) in [5.74, 6) is 0.394. The molecule has 1 aromatic carbocycles. The Morgan fingerprint density at radius 3 is 1.74 bits per heavy atom. The summed E-state index contributed by atoms with van der Waals surface area (Å²) in [6, 6.07) is 5.62. The van der Waals surface area contributed by atoms with E-state index in [4.69, 9.17) is 25.4 Å². The summed E-state index contributed by atoms with van der Waals surface area (Å²) < 4.78 is 16.1. The Morgan fingerprint density at radius 2 is 1.43 bits per heavy atom. The smallest absolute Gasteiger partial charge is 0.380 e. The van der Waals surface area contributed by atoms with E-state index in [-0.39, 0.29) is 5.69 Å². The molecule has 0 aliphatic rings. The molecule has 0 fully saturated rings. The molecular formula is C15H28NO5PS. The molecule has 0 saturated carbocycles. The summed E-state index contributed by atoms with van der Waals surface area (Å²) in [7, 11) is 0. The minimum atomic E-state index is -2.82. The van der Waals surface area contributed by atoms with Crippen molar-refractivity contribution >= 4 is 24.2 Å². The molecule has 0 radical (unpaired) electrons. The Morgan fingerprint density at radius 1 is 1.04 bits per heavy atom. The molecule has 0 aliphatic heterocycles. The van der Waals surface area contributed by atoms with Gasteiger partial charge in [0.15, 0.2) is 0 Å². The van der Waals surface area contributed by atoms with Gasteiger partial charge in [-0.3, -0.25) is 19.2 Å². The van der Waals surface area contributed by atoms with Crippen LogP contribution in [-0.2, 0) is 20.9 Å². The van der Waals surface area contributed by atoms with Gasteiger partial charge in [-0.05, 0) is 26.0 Å². The standard InChI is InChI=1S/C10H14NO5PS.C3H8.C2H6/c1-3-14-17(18,15-4-2)16-10-7-5-9(6-8-10)11(12)13;1-3-2;1-2/h5-8H,3-4H2,1-2H3;3H2,1-2H3;1-2H3. The van der Waals surface area contributed by atoms with Crippen LogP contribution in [0.25, 0.3) is 0 Å². The zero-order valence-electron chi connectivity index (χ0n) is 14.8. The van der Waals surface area contributed by atoms with Crippen LogP contribution in [0.2, 0.25) is 0 Å². The number of nitrogens with zero attached hydrogens (tertiary/aromatic N) is 1. The zero-order valence-corrected chi connectivity index (χ0v) is 16.5. The Bertz CT molecular complexity index is 457. The van der Waals surface area contributed by atoms with E-state index in [0.29, 0.717) is 19.0 Å². The second-order valence-electron chi connectivity index (χ2n) is 3.83. The minimum Gasteiger partial charge on any atom is -0.424 e. The summed E-state index contributed by atoms with van der Waals surface area (Å²) in [6.07, 6.45) is 1.25. The lowest BCUT2D eigenvalue weighted by Gasteiger charge is -2.20. The molecule has 134 valence electrons. The molecule has 0 unspecified atom stereocenters. The average molecular weight is 365 g/mol. The molecule has 0 heterocycles. The van der Waals surface area contributed by atoms with Crippen molar-refractivity contribution < 1.29 is 18.5 Å². The Hall–Kier alpha value is -1.01. The van der Waals surface area contributed by atoms with Crippen molar-refractivity contribution in [2.24, 2.45) is 0 Å². The highest BCUT2D eigenvalue weighted by molar-refractivity contribution is 8.07. The van der Waals surface area contributed by atoms with E-state index in [9.17, 15) is 10.1 Å². The van der Waals surface area contributed by atoms with Crippen molar-refractivity contribution in [3.63, 3.8) is 0 Å². The van der Waals surface area contributed by atoms with Gasteiger partial charge in [0.1, 0.15) is 5.75 Å². The fourth-order valence-electron chi connectivity index (χ4n) is 1.16. The molecule has 0 saturated heterocycles. The molecule has 0 atom stereocenters. The monoisotopic (exact) mass is 365 g/mol. The summed E-state index contributed by atoms with van der Waals surface area (Å²) in [6.45, 7) is 9.77. The number of non-ortho nitro benzene ring substituents is 1. The Balaban J connectivity index is 0. The van der Waals surface area contributed by atoms with Crippen molar-refractivity contribution in [3.05, 3.63) is 34.4 Å². The van der Waals surface area contributed by atoms with E-state index in [2.05, 4.69) is 13.8 Å². The van der Waals surface area contributed by atoms with Gasteiger partial charge in [-0.1, -0.05) is 34.1 Å². The molecule has 23 heavy (non-hydrogen) atoms. The lowest BCUT2D eigenvalue weighted by Crippen LogP contribution is -2.02. The number of nitro benzene ring substituents is 1. The third-order valence-electron chi connectivity index (χ3n) is 1.84. The van der Waals surface area contributed by atoms with Gasteiger partial charge < -0.3 is 4.52 Å². The summed E-state index contributed by atoms with van der Waals surface area (Å²) >= 11 is 5.18. The predicted octanol–water partition coefficient (Wildman–Crippen LogP) is 5.71. The van der Waals surface area contributed by atoms with Gasteiger partial charge in [0, 0.05) is 23.9 Å². The highest BCUT2D eigenvalue weighted by Crippen LogP contribution is 2.49. The Labute approximate surface area is 144 Å². The number of hydrogen-bond acceptors (Lipinski definition) is 6. The third kappa shape index (κ3) is 11.2. The lowest BCUT2D eigenvalue weighted by atomic mass is 10.3. The molecule has 0 spiro atoms. The van der Waals surface area contributed by atoms with Gasteiger partial charge in [-0.15, -0.1) is 0 Å².